The predicted molar refractivity (Wildman–Crippen MR) is 81.4 cm³/mol. The van der Waals surface area contributed by atoms with Crippen LogP contribution in [-0.4, -0.2) is 46.3 Å². The lowest BCUT2D eigenvalue weighted by atomic mass is 10.1. The van der Waals surface area contributed by atoms with Crippen LogP contribution in [0.2, 0.25) is 0 Å². The summed E-state index contributed by atoms with van der Waals surface area (Å²) in [5.74, 6) is 0. The number of rotatable bonds is 3. The van der Waals surface area contributed by atoms with Gasteiger partial charge in [-0.25, -0.2) is 14.5 Å². The molecule has 22 heavy (non-hydrogen) atoms. The van der Waals surface area contributed by atoms with Crippen molar-refractivity contribution >= 4 is 23.0 Å². The fraction of sp³-hybridized carbons (Fsp3) is 0.333. The molecule has 1 saturated heterocycles. The highest BCUT2D eigenvalue weighted by Crippen LogP contribution is 2.25. The Morgan fingerprint density at radius 2 is 2.23 bits per heavy atom. The minimum absolute atomic E-state index is 0.0522. The molecule has 0 unspecified atom stereocenters. The van der Waals surface area contributed by atoms with Gasteiger partial charge in [-0.05, 0) is 6.07 Å². The Morgan fingerprint density at radius 3 is 2.95 bits per heavy atom. The number of para-hydroxylation sites is 1. The molecular weight excluding hydrogens is 284 g/mol. The molecule has 1 aromatic heterocycles. The lowest BCUT2D eigenvalue weighted by Gasteiger charge is -2.16. The summed E-state index contributed by atoms with van der Waals surface area (Å²) in [5, 5.41) is 16.4. The molecule has 1 aliphatic heterocycles. The molecule has 0 saturated carbocycles. The minimum atomic E-state index is -0.833. The molecule has 116 valence electrons. The van der Waals surface area contributed by atoms with Gasteiger partial charge in [0.1, 0.15) is 0 Å². The Bertz CT molecular complexity index is 725. The summed E-state index contributed by atoms with van der Waals surface area (Å²) in [7, 11) is 1.91. The van der Waals surface area contributed by atoms with Crippen molar-refractivity contribution in [3.05, 3.63) is 36.0 Å². The van der Waals surface area contributed by atoms with Crippen LogP contribution in [0, 0.1) is 0 Å². The fourth-order valence-corrected chi connectivity index (χ4v) is 2.69. The van der Waals surface area contributed by atoms with Gasteiger partial charge < -0.3 is 20.3 Å². The number of carbonyl (C=O) groups excluding carboxylic acids is 2. The second kappa shape index (κ2) is 5.69. The third-order valence-electron chi connectivity index (χ3n) is 3.84. The molecule has 7 heteroatoms. The van der Waals surface area contributed by atoms with Crippen molar-refractivity contribution in [3.8, 4) is 0 Å². The topological polar surface area (TPSA) is 86.6 Å². The Hall–Kier alpha value is -2.54. The summed E-state index contributed by atoms with van der Waals surface area (Å²) in [4.78, 5) is 24.4. The van der Waals surface area contributed by atoms with Crippen molar-refractivity contribution in [1.82, 2.24) is 20.1 Å². The van der Waals surface area contributed by atoms with Gasteiger partial charge in [0, 0.05) is 49.3 Å². The molecule has 1 fully saturated rings. The molecule has 2 heterocycles. The van der Waals surface area contributed by atoms with Crippen LogP contribution in [0.1, 0.15) is 11.7 Å². The van der Waals surface area contributed by atoms with Gasteiger partial charge in [-0.1, -0.05) is 18.2 Å². The number of nitrogens with one attached hydrogen (secondary N) is 2. The van der Waals surface area contributed by atoms with Gasteiger partial charge in [0.25, 0.3) is 0 Å². The number of aliphatic hydroxyl groups excluding tert-OH is 1. The third kappa shape index (κ3) is 2.50. The monoisotopic (exact) mass is 302 g/mol. The Balaban J connectivity index is 1.70. The first-order valence-electron chi connectivity index (χ1n) is 7.13. The fourth-order valence-electron chi connectivity index (χ4n) is 2.69. The number of urea groups is 2. The zero-order valence-corrected chi connectivity index (χ0v) is 12.2. The van der Waals surface area contributed by atoms with Crippen molar-refractivity contribution < 1.29 is 14.7 Å². The number of nitrogens with zero attached hydrogens (tertiary/aromatic N) is 2. The van der Waals surface area contributed by atoms with Crippen LogP contribution in [0.4, 0.5) is 9.59 Å². The molecule has 1 aromatic carbocycles. The van der Waals surface area contributed by atoms with Crippen LogP contribution < -0.4 is 10.6 Å². The predicted octanol–water partition coefficient (Wildman–Crippen LogP) is 0.947. The molecule has 7 nitrogen and oxygen atoms in total. The lowest BCUT2D eigenvalue weighted by Crippen LogP contribution is -2.43. The highest BCUT2D eigenvalue weighted by atomic mass is 16.3. The maximum atomic E-state index is 11.9. The van der Waals surface area contributed by atoms with Gasteiger partial charge in [-0.15, -0.1) is 0 Å². The van der Waals surface area contributed by atoms with E-state index in [4.69, 9.17) is 0 Å². The quantitative estimate of drug-likeness (QED) is 0.789. The van der Waals surface area contributed by atoms with E-state index in [9.17, 15) is 14.7 Å². The lowest BCUT2D eigenvalue weighted by molar-refractivity contribution is 0.166. The van der Waals surface area contributed by atoms with E-state index in [0.29, 0.717) is 13.1 Å². The number of benzene rings is 1. The number of aromatic nitrogens is 1. The van der Waals surface area contributed by atoms with Crippen LogP contribution in [0.3, 0.4) is 0 Å². The van der Waals surface area contributed by atoms with Gasteiger partial charge in [-0.2, -0.15) is 0 Å². The summed E-state index contributed by atoms with van der Waals surface area (Å²) in [6.45, 7) is 0.851. The van der Waals surface area contributed by atoms with E-state index < -0.39 is 18.2 Å². The molecule has 0 radical (unpaired) electrons. The van der Waals surface area contributed by atoms with Crippen molar-refractivity contribution in [2.75, 3.05) is 19.6 Å². The maximum absolute atomic E-state index is 11.9. The van der Waals surface area contributed by atoms with Crippen LogP contribution in [0.5, 0.6) is 0 Å². The average molecular weight is 302 g/mol. The second-order valence-electron chi connectivity index (χ2n) is 5.30. The van der Waals surface area contributed by atoms with Gasteiger partial charge in [0.2, 0.25) is 0 Å². The molecule has 1 atom stereocenters. The first-order valence-corrected chi connectivity index (χ1v) is 7.13. The average Bonchev–Trinajstić information content (AvgIpc) is 3.09. The first kappa shape index (κ1) is 14.4. The number of fused-ring (bicyclic) bond motifs is 1. The molecule has 0 spiro atoms. The minimum Gasteiger partial charge on any atom is -0.386 e. The van der Waals surface area contributed by atoms with Crippen LogP contribution >= 0.6 is 0 Å². The van der Waals surface area contributed by atoms with E-state index in [-0.39, 0.29) is 6.54 Å². The highest BCUT2D eigenvalue weighted by Gasteiger charge is 2.26. The number of hydrogen-bond donors (Lipinski definition) is 3. The van der Waals surface area contributed by atoms with E-state index in [1.807, 2.05) is 42.1 Å². The number of hydrogen-bond acceptors (Lipinski definition) is 3. The SMILES string of the molecule is Cn1cc([C@H](O)CNC(=O)N2CCNC2=O)c2ccccc21. The standard InChI is InChI=1S/C15H18N4O3/c1-18-9-11(10-4-2-3-5-12(10)18)13(20)8-17-15(22)19-7-6-16-14(19)21/h2-5,9,13,20H,6-8H2,1H3,(H,16,21)(H,17,22)/t13-/m1/s1. The summed E-state index contributed by atoms with van der Waals surface area (Å²) in [5.41, 5.74) is 1.77. The van der Waals surface area contributed by atoms with Crippen molar-refractivity contribution in [1.29, 1.82) is 0 Å². The maximum Gasteiger partial charge on any atom is 0.325 e. The van der Waals surface area contributed by atoms with E-state index in [0.717, 1.165) is 21.4 Å². The van der Waals surface area contributed by atoms with E-state index in [1.54, 1.807) is 0 Å². The molecule has 0 bridgehead atoms. The van der Waals surface area contributed by atoms with E-state index in [2.05, 4.69) is 10.6 Å². The highest BCUT2D eigenvalue weighted by molar-refractivity contribution is 5.95. The van der Waals surface area contributed by atoms with Crippen molar-refractivity contribution in [2.45, 2.75) is 6.10 Å². The van der Waals surface area contributed by atoms with Crippen molar-refractivity contribution in [2.24, 2.45) is 7.05 Å². The molecule has 3 N–H and O–H groups in total. The summed E-state index contributed by atoms with van der Waals surface area (Å²) in [6.07, 6.45) is 1.02. The molecule has 4 amide bonds. The second-order valence-corrected chi connectivity index (χ2v) is 5.30. The molecule has 1 aliphatic rings. The number of imide groups is 1. The number of aryl methyl sites for hydroxylation is 1. The molecular formula is C15H18N4O3. The van der Waals surface area contributed by atoms with Gasteiger partial charge >= 0.3 is 12.1 Å². The summed E-state index contributed by atoms with van der Waals surface area (Å²) in [6, 6.07) is 6.85. The Kier molecular flexibility index (Phi) is 3.72. The summed E-state index contributed by atoms with van der Waals surface area (Å²) < 4.78 is 1.93. The van der Waals surface area contributed by atoms with Crippen LogP contribution in [0.25, 0.3) is 10.9 Å². The third-order valence-corrected chi connectivity index (χ3v) is 3.84. The number of amides is 4. The number of carbonyl (C=O) groups is 2. The first-order chi connectivity index (χ1) is 10.6. The van der Waals surface area contributed by atoms with E-state index in [1.165, 1.54) is 0 Å². The smallest absolute Gasteiger partial charge is 0.325 e. The molecule has 3 rings (SSSR count). The zero-order chi connectivity index (χ0) is 15.7. The molecule has 2 aromatic rings. The van der Waals surface area contributed by atoms with Gasteiger partial charge in [0.05, 0.1) is 6.10 Å². The molecule has 0 aliphatic carbocycles. The van der Waals surface area contributed by atoms with Crippen LogP contribution in [-0.2, 0) is 7.05 Å². The number of aliphatic hydroxyl groups is 1. The van der Waals surface area contributed by atoms with Crippen LogP contribution in [0.15, 0.2) is 30.5 Å². The van der Waals surface area contributed by atoms with Gasteiger partial charge in [-0.3, -0.25) is 0 Å². The van der Waals surface area contributed by atoms with E-state index >= 15 is 0 Å². The Morgan fingerprint density at radius 1 is 1.45 bits per heavy atom. The zero-order valence-electron chi connectivity index (χ0n) is 12.2. The normalized spacial score (nSPS) is 15.9. The van der Waals surface area contributed by atoms with Crippen molar-refractivity contribution in [3.63, 3.8) is 0 Å². The largest absolute Gasteiger partial charge is 0.386 e. The Labute approximate surface area is 127 Å². The van der Waals surface area contributed by atoms with Gasteiger partial charge in [0.15, 0.2) is 0 Å². The summed E-state index contributed by atoms with van der Waals surface area (Å²) >= 11 is 0.